The molecule has 2 N–H and O–H groups in total. The first-order valence-electron chi connectivity index (χ1n) is 15.5. The van der Waals surface area contributed by atoms with Crippen LogP contribution in [0.5, 0.6) is 0 Å². The molecule has 0 saturated carbocycles. The van der Waals surface area contributed by atoms with E-state index in [2.05, 4.69) is 48.5 Å². The zero-order valence-corrected chi connectivity index (χ0v) is 24.4. The second-order valence-corrected chi connectivity index (χ2v) is 12.3. The highest BCUT2D eigenvalue weighted by molar-refractivity contribution is 5.60. The quantitative estimate of drug-likeness (QED) is 0.211. The number of benzene rings is 6. The molecule has 0 fully saturated rings. The van der Waals surface area contributed by atoms with E-state index in [0.29, 0.717) is 0 Å². The fourth-order valence-corrected chi connectivity index (χ4v) is 8.55. The fraction of sp³-hybridized carbons (Fsp3) is 0.143. The van der Waals surface area contributed by atoms with Crippen LogP contribution >= 0.6 is 0 Å². The van der Waals surface area contributed by atoms with Crippen LogP contribution in [-0.4, -0.2) is 10.2 Å². The Balaban J connectivity index is 1.53. The lowest BCUT2D eigenvalue weighted by atomic mass is 9.45. The molecule has 3 aliphatic rings. The highest BCUT2D eigenvalue weighted by atomic mass is 16.3. The standard InChI is InChI=1S/C42H34O2/c43-41(29-17-5-1-6-18-29,30-19-7-2-8-20-30)39-37-33-25-13-15-27-35(33)38(36-28-16-14-26-34(36)37)40(39)42(44,31-21-9-3-10-22-31)32-23-11-4-12-24-32/h1-28,37-40,43-44H. The van der Waals surface area contributed by atoms with Crippen LogP contribution in [0.4, 0.5) is 0 Å². The molecule has 2 heteroatoms. The molecule has 214 valence electrons. The lowest BCUT2D eigenvalue weighted by Crippen LogP contribution is -2.58. The molecule has 0 spiro atoms. The van der Waals surface area contributed by atoms with Gasteiger partial charge in [0, 0.05) is 23.7 Å². The van der Waals surface area contributed by atoms with Gasteiger partial charge in [-0.25, -0.2) is 0 Å². The molecule has 9 rings (SSSR count). The monoisotopic (exact) mass is 570 g/mol. The lowest BCUT2D eigenvalue weighted by molar-refractivity contribution is -0.105. The molecule has 2 unspecified atom stereocenters. The number of fused-ring (bicyclic) bond motifs is 1. The Morgan fingerprint density at radius 1 is 0.295 bits per heavy atom. The van der Waals surface area contributed by atoms with E-state index in [1.807, 2.05) is 121 Å². The van der Waals surface area contributed by atoms with Crippen LogP contribution in [0.15, 0.2) is 170 Å². The molecule has 6 aromatic carbocycles. The van der Waals surface area contributed by atoms with Gasteiger partial charge in [-0.2, -0.15) is 0 Å². The van der Waals surface area contributed by atoms with E-state index < -0.39 is 23.0 Å². The van der Waals surface area contributed by atoms with E-state index in [0.717, 1.165) is 22.3 Å². The average molecular weight is 571 g/mol. The summed E-state index contributed by atoms with van der Waals surface area (Å²) in [5.41, 5.74) is 5.37. The van der Waals surface area contributed by atoms with Crippen molar-refractivity contribution in [1.29, 1.82) is 0 Å². The van der Waals surface area contributed by atoms with Crippen molar-refractivity contribution in [2.75, 3.05) is 0 Å². The van der Waals surface area contributed by atoms with Gasteiger partial charge in [0.2, 0.25) is 0 Å². The third-order valence-electron chi connectivity index (χ3n) is 10.3. The van der Waals surface area contributed by atoms with Crippen LogP contribution in [0.25, 0.3) is 0 Å². The summed E-state index contributed by atoms with van der Waals surface area (Å²) in [6, 6.07) is 57.6. The number of aliphatic hydroxyl groups is 2. The molecule has 0 aliphatic heterocycles. The Morgan fingerprint density at radius 2 is 0.500 bits per heavy atom. The molecule has 3 aliphatic carbocycles. The van der Waals surface area contributed by atoms with E-state index in [9.17, 15) is 10.2 Å². The Labute approximate surface area is 258 Å². The van der Waals surface area contributed by atoms with Crippen molar-refractivity contribution in [3.05, 3.63) is 214 Å². The van der Waals surface area contributed by atoms with Gasteiger partial charge in [0.15, 0.2) is 0 Å². The SMILES string of the molecule is OC(c1ccccc1)(c1ccccc1)C1C2c3ccccc3C(c3ccccc32)C1C(O)(c1ccccc1)c1ccccc1. The van der Waals surface area contributed by atoms with Gasteiger partial charge in [0.05, 0.1) is 0 Å². The van der Waals surface area contributed by atoms with Gasteiger partial charge in [-0.15, -0.1) is 0 Å². The summed E-state index contributed by atoms with van der Waals surface area (Å²) in [6.07, 6.45) is 0. The molecule has 44 heavy (non-hydrogen) atoms. The minimum absolute atomic E-state index is 0.165. The predicted molar refractivity (Wildman–Crippen MR) is 175 cm³/mol. The topological polar surface area (TPSA) is 40.5 Å². The second kappa shape index (κ2) is 10.4. The smallest absolute Gasteiger partial charge is 0.119 e. The van der Waals surface area contributed by atoms with Crippen molar-refractivity contribution < 1.29 is 10.2 Å². The Morgan fingerprint density at radius 3 is 0.727 bits per heavy atom. The zero-order valence-electron chi connectivity index (χ0n) is 24.4. The molecule has 2 atom stereocenters. The molecule has 0 amide bonds. The molecule has 0 radical (unpaired) electrons. The molecule has 0 saturated heterocycles. The first kappa shape index (κ1) is 26.8. The summed E-state index contributed by atoms with van der Waals surface area (Å²) in [7, 11) is 0. The molecular weight excluding hydrogens is 536 g/mol. The maximum Gasteiger partial charge on any atom is 0.119 e. The number of hydrogen-bond donors (Lipinski definition) is 2. The van der Waals surface area contributed by atoms with Gasteiger partial charge in [0.25, 0.3) is 0 Å². The van der Waals surface area contributed by atoms with Crippen molar-refractivity contribution in [2.45, 2.75) is 23.0 Å². The van der Waals surface area contributed by atoms with E-state index >= 15 is 0 Å². The van der Waals surface area contributed by atoms with E-state index in [1.54, 1.807) is 0 Å². The van der Waals surface area contributed by atoms with E-state index in [4.69, 9.17) is 0 Å². The van der Waals surface area contributed by atoms with Crippen LogP contribution < -0.4 is 0 Å². The normalized spacial score (nSPS) is 20.5. The summed E-state index contributed by atoms with van der Waals surface area (Å²) in [5.74, 6) is -1.18. The van der Waals surface area contributed by atoms with Crippen molar-refractivity contribution in [1.82, 2.24) is 0 Å². The highest BCUT2D eigenvalue weighted by Crippen LogP contribution is 2.67. The maximum absolute atomic E-state index is 13.7. The molecule has 0 heterocycles. The summed E-state index contributed by atoms with van der Waals surface area (Å²) >= 11 is 0. The van der Waals surface area contributed by atoms with Crippen molar-refractivity contribution in [2.24, 2.45) is 11.8 Å². The molecule has 2 bridgehead atoms. The van der Waals surface area contributed by atoms with Crippen LogP contribution in [-0.2, 0) is 11.2 Å². The maximum atomic E-state index is 13.7. The fourth-order valence-electron chi connectivity index (χ4n) is 8.55. The minimum Gasteiger partial charge on any atom is -0.380 e. The lowest BCUT2D eigenvalue weighted by Gasteiger charge is -2.60. The summed E-state index contributed by atoms with van der Waals surface area (Å²) in [6.45, 7) is 0. The zero-order chi connectivity index (χ0) is 29.7. The Hall–Kier alpha value is -4.76. The minimum atomic E-state index is -1.42. The Kier molecular flexibility index (Phi) is 6.37. The van der Waals surface area contributed by atoms with E-state index in [-0.39, 0.29) is 11.8 Å². The first-order chi connectivity index (χ1) is 21.6. The summed E-state index contributed by atoms with van der Waals surface area (Å²) in [5, 5.41) is 27.3. The third kappa shape index (κ3) is 3.81. The third-order valence-corrected chi connectivity index (χ3v) is 10.3. The van der Waals surface area contributed by atoms with E-state index in [1.165, 1.54) is 22.3 Å². The van der Waals surface area contributed by atoms with Gasteiger partial charge in [-0.1, -0.05) is 170 Å². The summed E-state index contributed by atoms with van der Waals surface area (Å²) < 4.78 is 0. The highest BCUT2D eigenvalue weighted by Gasteiger charge is 2.63. The van der Waals surface area contributed by atoms with Gasteiger partial charge in [-0.05, 0) is 44.5 Å². The number of hydrogen-bond acceptors (Lipinski definition) is 2. The van der Waals surface area contributed by atoms with Gasteiger partial charge >= 0.3 is 0 Å². The molecular formula is C42H34O2. The first-order valence-corrected chi connectivity index (χ1v) is 15.5. The van der Waals surface area contributed by atoms with Crippen LogP contribution in [0.1, 0.15) is 56.3 Å². The predicted octanol–water partition coefficient (Wildman–Crippen LogP) is 8.38. The van der Waals surface area contributed by atoms with Crippen LogP contribution in [0, 0.1) is 11.8 Å². The van der Waals surface area contributed by atoms with Crippen LogP contribution in [0.3, 0.4) is 0 Å². The van der Waals surface area contributed by atoms with Crippen molar-refractivity contribution in [3.63, 3.8) is 0 Å². The van der Waals surface area contributed by atoms with Crippen molar-refractivity contribution in [3.8, 4) is 0 Å². The second-order valence-electron chi connectivity index (χ2n) is 12.3. The molecule has 6 aromatic rings. The average Bonchev–Trinajstić information content (AvgIpc) is 3.12. The van der Waals surface area contributed by atoms with Crippen LogP contribution in [0.2, 0.25) is 0 Å². The Bertz CT molecular complexity index is 1630. The van der Waals surface area contributed by atoms with Gasteiger partial charge < -0.3 is 10.2 Å². The summed E-state index contributed by atoms with van der Waals surface area (Å²) in [4.78, 5) is 0. The largest absolute Gasteiger partial charge is 0.380 e. The van der Waals surface area contributed by atoms with Gasteiger partial charge in [-0.3, -0.25) is 0 Å². The molecule has 2 nitrogen and oxygen atoms in total. The van der Waals surface area contributed by atoms with Gasteiger partial charge in [0.1, 0.15) is 11.2 Å². The van der Waals surface area contributed by atoms with Crippen molar-refractivity contribution >= 4 is 0 Å². The molecule has 0 aromatic heterocycles. The number of rotatable bonds is 6.